The molecule has 1 N–H and O–H groups in total. The number of hydrogen-bond acceptors (Lipinski definition) is 1. The van der Waals surface area contributed by atoms with Crippen LogP contribution < -0.4 is 10.6 Å². The molecule has 2 rings (SSSR count). The molecular formula is C11H11NO. The topological polar surface area (TPSA) is 28.9 Å². The van der Waals surface area contributed by atoms with E-state index in [4.69, 9.17) is 4.42 Å². The molecule has 66 valence electrons. The Morgan fingerprint density at radius 2 is 2.38 bits per heavy atom. The highest BCUT2D eigenvalue weighted by Gasteiger charge is 1.99. The molecule has 0 aliphatic heterocycles. The molecule has 0 aliphatic carbocycles. The number of rotatable bonds is 1. The lowest BCUT2D eigenvalue weighted by atomic mass is 10.2. The van der Waals surface area contributed by atoms with E-state index in [1.54, 1.807) is 12.5 Å². The Labute approximate surface area is 76.2 Å². The SMILES string of the molecule is C=c1[nH]c(-c2ccoc2)cc1=CC. The normalized spacial score (nSPS) is 12.2. The summed E-state index contributed by atoms with van der Waals surface area (Å²) >= 11 is 0. The third-order valence-electron chi connectivity index (χ3n) is 2.08. The Kier molecular flexibility index (Phi) is 1.81. The summed E-state index contributed by atoms with van der Waals surface area (Å²) in [6.45, 7) is 5.90. The zero-order valence-electron chi connectivity index (χ0n) is 7.50. The van der Waals surface area contributed by atoms with Crippen LogP contribution in [-0.2, 0) is 0 Å². The number of aromatic nitrogens is 1. The van der Waals surface area contributed by atoms with Crippen molar-refractivity contribution in [1.29, 1.82) is 0 Å². The molecule has 13 heavy (non-hydrogen) atoms. The summed E-state index contributed by atoms with van der Waals surface area (Å²) in [7, 11) is 0. The number of hydrogen-bond donors (Lipinski definition) is 1. The number of aromatic amines is 1. The van der Waals surface area contributed by atoms with Crippen molar-refractivity contribution in [2.24, 2.45) is 0 Å². The van der Waals surface area contributed by atoms with E-state index in [0.717, 1.165) is 21.8 Å². The molecular weight excluding hydrogens is 162 g/mol. The Hall–Kier alpha value is -1.70. The molecule has 0 saturated carbocycles. The largest absolute Gasteiger partial charge is 0.472 e. The molecule has 0 spiro atoms. The predicted octanol–water partition coefficient (Wildman–Crippen LogP) is 1.49. The Morgan fingerprint density at radius 3 is 2.92 bits per heavy atom. The molecule has 0 saturated heterocycles. The van der Waals surface area contributed by atoms with E-state index in [0.29, 0.717) is 0 Å². The van der Waals surface area contributed by atoms with E-state index in [9.17, 15) is 0 Å². The maximum Gasteiger partial charge on any atom is 0.0995 e. The monoisotopic (exact) mass is 173 g/mol. The van der Waals surface area contributed by atoms with Crippen LogP contribution in [0.2, 0.25) is 0 Å². The Bertz CT molecular complexity index is 491. The summed E-state index contributed by atoms with van der Waals surface area (Å²) in [6, 6.07) is 3.98. The molecule has 2 heteroatoms. The lowest BCUT2D eigenvalue weighted by molar-refractivity contribution is 0.568. The fourth-order valence-electron chi connectivity index (χ4n) is 1.34. The second-order valence-electron chi connectivity index (χ2n) is 2.92. The first-order chi connectivity index (χ1) is 6.31. The van der Waals surface area contributed by atoms with E-state index >= 15 is 0 Å². The minimum absolute atomic E-state index is 0.943. The fraction of sp³-hybridized carbons (Fsp3) is 0.0909. The molecule has 2 aromatic rings. The lowest BCUT2D eigenvalue weighted by Crippen LogP contribution is -2.18. The van der Waals surface area contributed by atoms with Gasteiger partial charge in [-0.25, -0.2) is 0 Å². The summed E-state index contributed by atoms with van der Waals surface area (Å²) in [6.07, 6.45) is 5.40. The number of furan rings is 1. The maximum atomic E-state index is 5.00. The zero-order valence-corrected chi connectivity index (χ0v) is 7.50. The van der Waals surface area contributed by atoms with Crippen molar-refractivity contribution >= 4 is 12.7 Å². The van der Waals surface area contributed by atoms with Crippen LogP contribution in [0.4, 0.5) is 0 Å². The smallest absolute Gasteiger partial charge is 0.0995 e. The standard InChI is InChI=1S/C11H11NO/c1-3-9-6-11(12-8(9)2)10-4-5-13-7-10/h3-7,12H,2H2,1H3. The average molecular weight is 173 g/mol. The molecule has 2 aromatic heterocycles. The Morgan fingerprint density at radius 1 is 1.54 bits per heavy atom. The molecule has 0 aromatic carbocycles. The van der Waals surface area contributed by atoms with Gasteiger partial charge >= 0.3 is 0 Å². The summed E-state index contributed by atoms with van der Waals surface area (Å²) in [5, 5.41) is 2.08. The van der Waals surface area contributed by atoms with E-state index in [1.807, 2.05) is 19.1 Å². The van der Waals surface area contributed by atoms with Crippen LogP contribution >= 0.6 is 0 Å². The van der Waals surface area contributed by atoms with Crippen LogP contribution in [-0.4, -0.2) is 4.98 Å². The summed E-state index contributed by atoms with van der Waals surface area (Å²) in [4.78, 5) is 3.20. The van der Waals surface area contributed by atoms with Crippen LogP contribution in [0.3, 0.4) is 0 Å². The summed E-state index contributed by atoms with van der Waals surface area (Å²) in [5.74, 6) is 0. The van der Waals surface area contributed by atoms with Gasteiger partial charge in [-0.05, 0) is 24.3 Å². The molecule has 0 radical (unpaired) electrons. The van der Waals surface area contributed by atoms with Gasteiger partial charge < -0.3 is 9.40 Å². The van der Waals surface area contributed by atoms with Gasteiger partial charge in [0.2, 0.25) is 0 Å². The lowest BCUT2D eigenvalue weighted by Gasteiger charge is -1.86. The van der Waals surface area contributed by atoms with Gasteiger partial charge in [0.25, 0.3) is 0 Å². The first-order valence-electron chi connectivity index (χ1n) is 4.18. The van der Waals surface area contributed by atoms with Crippen LogP contribution in [0.5, 0.6) is 0 Å². The fourth-order valence-corrected chi connectivity index (χ4v) is 1.34. The van der Waals surface area contributed by atoms with Crippen molar-refractivity contribution in [2.75, 3.05) is 0 Å². The van der Waals surface area contributed by atoms with Crippen molar-refractivity contribution in [3.05, 3.63) is 35.2 Å². The number of nitrogens with one attached hydrogen (secondary N) is 1. The molecule has 0 aliphatic rings. The molecule has 2 nitrogen and oxygen atoms in total. The highest BCUT2D eigenvalue weighted by Crippen LogP contribution is 2.13. The second-order valence-corrected chi connectivity index (χ2v) is 2.92. The quantitative estimate of drug-likeness (QED) is 0.695. The van der Waals surface area contributed by atoms with Gasteiger partial charge in [-0.1, -0.05) is 12.7 Å². The third kappa shape index (κ3) is 1.31. The average Bonchev–Trinajstić information content (AvgIpc) is 2.71. The highest BCUT2D eigenvalue weighted by atomic mass is 16.3. The van der Waals surface area contributed by atoms with Crippen LogP contribution in [0, 0.1) is 0 Å². The Balaban J connectivity index is 2.62. The van der Waals surface area contributed by atoms with Crippen molar-refractivity contribution in [1.82, 2.24) is 4.98 Å². The van der Waals surface area contributed by atoms with Crippen molar-refractivity contribution in [2.45, 2.75) is 6.92 Å². The van der Waals surface area contributed by atoms with Gasteiger partial charge in [-0.3, -0.25) is 0 Å². The van der Waals surface area contributed by atoms with Gasteiger partial charge in [0.15, 0.2) is 0 Å². The van der Waals surface area contributed by atoms with E-state index in [-0.39, 0.29) is 0 Å². The minimum atomic E-state index is 0.943. The van der Waals surface area contributed by atoms with Crippen LogP contribution in [0.1, 0.15) is 6.92 Å². The van der Waals surface area contributed by atoms with Gasteiger partial charge in [0.1, 0.15) is 0 Å². The van der Waals surface area contributed by atoms with E-state index < -0.39 is 0 Å². The maximum absolute atomic E-state index is 5.00. The van der Waals surface area contributed by atoms with Crippen molar-refractivity contribution in [3.63, 3.8) is 0 Å². The molecule has 2 heterocycles. The van der Waals surface area contributed by atoms with Gasteiger partial charge in [-0.15, -0.1) is 0 Å². The molecule has 0 amide bonds. The molecule has 0 atom stereocenters. The zero-order chi connectivity index (χ0) is 9.26. The van der Waals surface area contributed by atoms with Gasteiger partial charge in [0.05, 0.1) is 12.5 Å². The molecule has 0 bridgehead atoms. The van der Waals surface area contributed by atoms with E-state index in [1.165, 1.54) is 0 Å². The van der Waals surface area contributed by atoms with Crippen molar-refractivity contribution < 1.29 is 4.42 Å². The van der Waals surface area contributed by atoms with Crippen molar-refractivity contribution in [3.8, 4) is 11.3 Å². The van der Waals surface area contributed by atoms with Gasteiger partial charge in [0, 0.05) is 16.6 Å². The first-order valence-corrected chi connectivity index (χ1v) is 4.18. The minimum Gasteiger partial charge on any atom is -0.472 e. The predicted molar refractivity (Wildman–Crippen MR) is 53.4 cm³/mol. The van der Waals surface area contributed by atoms with Gasteiger partial charge in [-0.2, -0.15) is 0 Å². The molecule has 0 unspecified atom stereocenters. The first kappa shape index (κ1) is 7.92. The molecule has 0 fully saturated rings. The summed E-state index contributed by atoms with van der Waals surface area (Å²) < 4.78 is 5.00. The number of H-pyrrole nitrogens is 1. The third-order valence-corrected chi connectivity index (χ3v) is 2.08. The highest BCUT2D eigenvalue weighted by molar-refractivity contribution is 5.58. The summed E-state index contributed by atoms with van der Waals surface area (Å²) in [5.41, 5.74) is 2.10. The van der Waals surface area contributed by atoms with E-state index in [2.05, 4.69) is 17.6 Å². The van der Waals surface area contributed by atoms with Crippen LogP contribution in [0.15, 0.2) is 29.1 Å². The second kappa shape index (κ2) is 2.98. The van der Waals surface area contributed by atoms with Crippen LogP contribution in [0.25, 0.3) is 23.9 Å².